The van der Waals surface area contributed by atoms with Crippen LogP contribution in [0, 0.1) is 0 Å². The lowest BCUT2D eigenvalue weighted by atomic mass is 10.2. The van der Waals surface area contributed by atoms with Gasteiger partial charge in [0.1, 0.15) is 5.82 Å². The molecule has 0 bridgehead atoms. The normalized spacial score (nSPS) is 16.7. The van der Waals surface area contributed by atoms with Crippen molar-refractivity contribution in [3.63, 3.8) is 0 Å². The predicted molar refractivity (Wildman–Crippen MR) is 97.9 cm³/mol. The molecule has 0 aliphatic carbocycles. The van der Waals surface area contributed by atoms with Gasteiger partial charge in [0.25, 0.3) is 0 Å². The average Bonchev–Trinajstić information content (AvgIpc) is 2.73. The Kier molecular flexibility index (Phi) is 6.09. The van der Waals surface area contributed by atoms with Crippen molar-refractivity contribution < 1.29 is 0 Å². The minimum atomic E-state index is 1.11. The number of para-hydroxylation sites is 2. The van der Waals surface area contributed by atoms with Crippen molar-refractivity contribution in [2.45, 2.75) is 64.8 Å². The number of hydrogen-bond acceptors (Lipinski definition) is 2. The average molecular weight is 313 g/mol. The standard InChI is InChI=1S/C20H31N3/c1-2-3-17-23-19-12-7-6-11-18(19)21-20(23)13-10-16-22-14-8-4-5-9-15-22/h6-7,11-12H,2-5,8-10,13-17H2,1H3. The molecule has 1 saturated heterocycles. The van der Waals surface area contributed by atoms with Gasteiger partial charge in [-0.3, -0.25) is 0 Å². The van der Waals surface area contributed by atoms with Crippen LogP contribution in [0.4, 0.5) is 0 Å². The fourth-order valence-electron chi connectivity index (χ4n) is 3.70. The molecule has 3 rings (SSSR count). The molecule has 2 aromatic rings. The maximum absolute atomic E-state index is 4.91. The second kappa shape index (κ2) is 8.49. The van der Waals surface area contributed by atoms with Crippen molar-refractivity contribution in [1.29, 1.82) is 0 Å². The molecule has 0 atom stereocenters. The van der Waals surface area contributed by atoms with Gasteiger partial charge >= 0.3 is 0 Å². The molecule has 0 radical (unpaired) electrons. The number of rotatable bonds is 7. The Balaban J connectivity index is 1.64. The molecule has 0 N–H and O–H groups in total. The molecular formula is C20H31N3. The van der Waals surface area contributed by atoms with E-state index in [0.29, 0.717) is 0 Å². The van der Waals surface area contributed by atoms with Gasteiger partial charge < -0.3 is 9.47 Å². The van der Waals surface area contributed by atoms with Crippen LogP contribution < -0.4 is 0 Å². The first-order valence-electron chi connectivity index (χ1n) is 9.55. The number of aromatic nitrogens is 2. The molecule has 1 aliphatic heterocycles. The fourth-order valence-corrected chi connectivity index (χ4v) is 3.70. The molecule has 126 valence electrons. The van der Waals surface area contributed by atoms with Crippen LogP contribution in [0.3, 0.4) is 0 Å². The van der Waals surface area contributed by atoms with Crippen LogP contribution in [0.1, 0.15) is 57.7 Å². The molecule has 0 unspecified atom stereocenters. The molecule has 1 aromatic heterocycles. The summed E-state index contributed by atoms with van der Waals surface area (Å²) in [6.07, 6.45) is 10.4. The molecule has 1 aliphatic rings. The first-order valence-corrected chi connectivity index (χ1v) is 9.55. The molecule has 3 heteroatoms. The molecule has 0 spiro atoms. The third-order valence-electron chi connectivity index (χ3n) is 5.04. The maximum Gasteiger partial charge on any atom is 0.109 e. The van der Waals surface area contributed by atoms with Crippen LogP contribution in [0.15, 0.2) is 24.3 Å². The van der Waals surface area contributed by atoms with Gasteiger partial charge in [-0.25, -0.2) is 4.98 Å². The summed E-state index contributed by atoms with van der Waals surface area (Å²) in [5.41, 5.74) is 2.47. The largest absolute Gasteiger partial charge is 0.328 e. The number of benzene rings is 1. The monoisotopic (exact) mass is 313 g/mol. The number of hydrogen-bond donors (Lipinski definition) is 0. The molecule has 23 heavy (non-hydrogen) atoms. The van der Waals surface area contributed by atoms with E-state index in [2.05, 4.69) is 40.7 Å². The highest BCUT2D eigenvalue weighted by atomic mass is 15.1. The van der Waals surface area contributed by atoms with Gasteiger partial charge in [0, 0.05) is 13.0 Å². The summed E-state index contributed by atoms with van der Waals surface area (Å²) >= 11 is 0. The Hall–Kier alpha value is -1.35. The van der Waals surface area contributed by atoms with Crippen molar-refractivity contribution >= 4 is 11.0 Å². The SMILES string of the molecule is CCCCn1c(CCCN2CCCCCC2)nc2ccccc21. The highest BCUT2D eigenvalue weighted by Gasteiger charge is 2.12. The summed E-state index contributed by atoms with van der Waals surface area (Å²) in [5.74, 6) is 1.29. The lowest BCUT2D eigenvalue weighted by molar-refractivity contribution is 0.280. The summed E-state index contributed by atoms with van der Waals surface area (Å²) in [7, 11) is 0. The van der Waals surface area contributed by atoms with Crippen molar-refractivity contribution in [3.05, 3.63) is 30.1 Å². The van der Waals surface area contributed by atoms with Gasteiger partial charge in [-0.05, 0) is 57.5 Å². The summed E-state index contributed by atoms with van der Waals surface area (Å²) in [6, 6.07) is 8.60. The number of fused-ring (bicyclic) bond motifs is 1. The smallest absolute Gasteiger partial charge is 0.109 e. The molecule has 2 heterocycles. The van der Waals surface area contributed by atoms with E-state index < -0.39 is 0 Å². The van der Waals surface area contributed by atoms with E-state index >= 15 is 0 Å². The van der Waals surface area contributed by atoms with E-state index in [1.807, 2.05) is 0 Å². The van der Waals surface area contributed by atoms with Gasteiger partial charge in [0.2, 0.25) is 0 Å². The summed E-state index contributed by atoms with van der Waals surface area (Å²) < 4.78 is 2.46. The van der Waals surface area contributed by atoms with Crippen LogP contribution >= 0.6 is 0 Å². The van der Waals surface area contributed by atoms with E-state index in [-0.39, 0.29) is 0 Å². The number of imidazole rings is 1. The Morgan fingerprint density at radius 2 is 1.74 bits per heavy atom. The quantitative estimate of drug-likeness (QED) is 0.742. The molecule has 0 saturated carbocycles. The number of aryl methyl sites for hydroxylation is 2. The number of likely N-dealkylation sites (tertiary alicyclic amines) is 1. The van der Waals surface area contributed by atoms with Crippen LogP contribution in [-0.2, 0) is 13.0 Å². The minimum absolute atomic E-state index is 1.11. The first kappa shape index (κ1) is 16.5. The second-order valence-electron chi connectivity index (χ2n) is 6.88. The van der Waals surface area contributed by atoms with E-state index in [9.17, 15) is 0 Å². The molecular weight excluding hydrogens is 282 g/mol. The van der Waals surface area contributed by atoms with Crippen LogP contribution in [0.2, 0.25) is 0 Å². The molecule has 3 nitrogen and oxygen atoms in total. The topological polar surface area (TPSA) is 21.1 Å². The summed E-state index contributed by atoms with van der Waals surface area (Å²) in [6.45, 7) is 7.20. The van der Waals surface area contributed by atoms with Crippen molar-refractivity contribution in [2.75, 3.05) is 19.6 Å². The number of nitrogens with zero attached hydrogens (tertiary/aromatic N) is 3. The van der Waals surface area contributed by atoms with Gasteiger partial charge in [0.05, 0.1) is 11.0 Å². The maximum atomic E-state index is 4.91. The van der Waals surface area contributed by atoms with Gasteiger partial charge in [-0.2, -0.15) is 0 Å². The van der Waals surface area contributed by atoms with Crippen LogP contribution in [-0.4, -0.2) is 34.1 Å². The Bertz CT molecular complexity index is 594. The lowest BCUT2D eigenvalue weighted by Crippen LogP contribution is -2.26. The van der Waals surface area contributed by atoms with E-state index in [1.165, 1.54) is 75.9 Å². The predicted octanol–water partition coefficient (Wildman–Crippen LogP) is 4.65. The zero-order valence-corrected chi connectivity index (χ0v) is 14.6. The van der Waals surface area contributed by atoms with E-state index in [0.717, 1.165) is 18.5 Å². The van der Waals surface area contributed by atoms with Gasteiger partial charge in [0.15, 0.2) is 0 Å². The third kappa shape index (κ3) is 4.35. The zero-order valence-electron chi connectivity index (χ0n) is 14.6. The minimum Gasteiger partial charge on any atom is -0.328 e. The third-order valence-corrected chi connectivity index (χ3v) is 5.04. The molecule has 0 amide bonds. The Morgan fingerprint density at radius 1 is 0.957 bits per heavy atom. The zero-order chi connectivity index (χ0) is 15.9. The second-order valence-corrected chi connectivity index (χ2v) is 6.88. The van der Waals surface area contributed by atoms with Crippen molar-refractivity contribution in [3.8, 4) is 0 Å². The Labute approximate surface area is 140 Å². The number of unbranched alkanes of at least 4 members (excludes halogenated alkanes) is 1. The van der Waals surface area contributed by atoms with Gasteiger partial charge in [-0.1, -0.05) is 38.3 Å². The van der Waals surface area contributed by atoms with Crippen molar-refractivity contribution in [1.82, 2.24) is 14.5 Å². The molecule has 1 fully saturated rings. The van der Waals surface area contributed by atoms with Crippen LogP contribution in [0.25, 0.3) is 11.0 Å². The first-order chi connectivity index (χ1) is 11.4. The molecule has 1 aromatic carbocycles. The van der Waals surface area contributed by atoms with E-state index in [1.54, 1.807) is 0 Å². The van der Waals surface area contributed by atoms with Crippen LogP contribution in [0.5, 0.6) is 0 Å². The fraction of sp³-hybridized carbons (Fsp3) is 0.650. The highest BCUT2D eigenvalue weighted by molar-refractivity contribution is 5.75. The lowest BCUT2D eigenvalue weighted by Gasteiger charge is -2.19. The summed E-state index contributed by atoms with van der Waals surface area (Å²) in [5, 5.41) is 0. The Morgan fingerprint density at radius 3 is 2.52 bits per heavy atom. The van der Waals surface area contributed by atoms with Crippen molar-refractivity contribution in [2.24, 2.45) is 0 Å². The van der Waals surface area contributed by atoms with Gasteiger partial charge in [-0.15, -0.1) is 0 Å². The highest BCUT2D eigenvalue weighted by Crippen LogP contribution is 2.18. The summed E-state index contributed by atoms with van der Waals surface area (Å²) in [4.78, 5) is 7.57. The van der Waals surface area contributed by atoms with E-state index in [4.69, 9.17) is 4.98 Å².